The van der Waals surface area contributed by atoms with E-state index in [1.165, 1.54) is 6.42 Å². The molecule has 0 aliphatic carbocycles. The Bertz CT molecular complexity index is 3350. The molecule has 5 aromatic rings. The van der Waals surface area contributed by atoms with Gasteiger partial charge in [-0.2, -0.15) is 0 Å². The van der Waals surface area contributed by atoms with Crippen molar-refractivity contribution in [2.24, 2.45) is 0 Å². The Morgan fingerprint density at radius 1 is 0.326 bits per heavy atom. The van der Waals surface area contributed by atoms with Gasteiger partial charge in [-0.25, -0.2) is 14.4 Å². The molecule has 0 N–H and O–H groups in total. The molecule has 452 valence electrons. The van der Waals surface area contributed by atoms with Gasteiger partial charge in [0.05, 0.1) is 49.7 Å². The minimum Gasteiger partial charge on any atom is -0.494 e. The van der Waals surface area contributed by atoms with E-state index in [-0.39, 0.29) is 5.97 Å². The van der Waals surface area contributed by atoms with Crippen LogP contribution < -0.4 is 9.47 Å². The van der Waals surface area contributed by atoms with Crippen LogP contribution in [0.3, 0.4) is 0 Å². The largest absolute Gasteiger partial charge is 0.494 e. The van der Waals surface area contributed by atoms with E-state index in [9.17, 15) is 14.4 Å². The minimum absolute atomic E-state index is 0.297. The zero-order valence-corrected chi connectivity index (χ0v) is 55.6. The van der Waals surface area contributed by atoms with Crippen molar-refractivity contribution in [3.05, 3.63) is 161 Å². The fourth-order valence-corrected chi connectivity index (χ4v) is 10.0. The van der Waals surface area contributed by atoms with Crippen LogP contribution >= 0.6 is 22.6 Å². The number of esters is 3. The zero-order chi connectivity index (χ0) is 61.8. The fraction of sp³-hybridized carbons (Fsp3) is 0.434. The van der Waals surface area contributed by atoms with Crippen LogP contribution in [-0.2, 0) is 14.2 Å². The average molecular weight is 1290 g/mol. The van der Waals surface area contributed by atoms with Crippen LogP contribution in [0, 0.1) is 62.4 Å². The lowest BCUT2D eigenvalue weighted by molar-refractivity contribution is 0.0488. The molecule has 0 heterocycles. The molecular weight excluding hydrogens is 1200 g/mol. The quantitative estimate of drug-likeness (QED) is 0.0112. The van der Waals surface area contributed by atoms with Gasteiger partial charge in [-0.05, 0) is 146 Å². The van der Waals surface area contributed by atoms with E-state index >= 15 is 0 Å². The second-order valence-electron chi connectivity index (χ2n) is 22.7. The molecular formula is C76H89IO8Si. The standard InChI is InChI=1S/C76H89IO8Si/c1-9-14-19-24-38-81-72-54-63(46-64(55-72)34-35-65-47-67(37-43-86(6,7)8)57-73(56-65)82-39-25-20-15-10-2)33-31-61-44-59(48-68(50-61)74(78)83-40-26-21-16-11-3)29-30-60-45-62(51-69(49-60)75(79)84-41-27-22-17-12-4)32-36-66-52-70(58-71(77)53-66)76(80)85-42-28-23-18-13-5/h44-58H,9-28,38-42H2,1-8H3. The Morgan fingerprint density at radius 2 is 0.581 bits per heavy atom. The van der Waals surface area contributed by atoms with Crippen LogP contribution in [-0.4, -0.2) is 59.0 Å². The number of carbonyl (C=O) groups excluding carboxylic acids is 3. The number of hydrogen-bond donors (Lipinski definition) is 0. The molecule has 0 saturated heterocycles. The maximum absolute atomic E-state index is 13.8. The molecule has 0 saturated carbocycles. The number of rotatable bonds is 30. The monoisotopic (exact) mass is 1280 g/mol. The Kier molecular flexibility index (Phi) is 32.0. The first-order valence-corrected chi connectivity index (χ1v) is 36.0. The first-order valence-electron chi connectivity index (χ1n) is 31.5. The summed E-state index contributed by atoms with van der Waals surface area (Å²) in [5.41, 5.74) is 10.4. The highest BCUT2D eigenvalue weighted by atomic mass is 127. The fourth-order valence-electron chi connectivity index (χ4n) is 8.82. The Balaban J connectivity index is 1.57. The second-order valence-corrected chi connectivity index (χ2v) is 28.7. The molecule has 0 spiro atoms. The normalized spacial score (nSPS) is 10.5. The molecule has 0 radical (unpaired) electrons. The summed E-state index contributed by atoms with van der Waals surface area (Å²) < 4.78 is 30.6. The summed E-state index contributed by atoms with van der Waals surface area (Å²) in [6, 6.07) is 27.8. The van der Waals surface area contributed by atoms with Crippen molar-refractivity contribution in [1.82, 2.24) is 0 Å². The lowest BCUT2D eigenvalue weighted by atomic mass is 10.0. The molecule has 0 unspecified atom stereocenters. The smallest absolute Gasteiger partial charge is 0.338 e. The third-order valence-electron chi connectivity index (χ3n) is 13.5. The third kappa shape index (κ3) is 27.9. The van der Waals surface area contributed by atoms with Gasteiger partial charge in [-0.3, -0.25) is 0 Å². The van der Waals surface area contributed by atoms with Crippen molar-refractivity contribution < 1.29 is 38.1 Å². The summed E-state index contributed by atoms with van der Waals surface area (Å²) in [4.78, 5) is 40.5. The summed E-state index contributed by atoms with van der Waals surface area (Å²) in [5.74, 6) is 29.9. The molecule has 0 aromatic heterocycles. The van der Waals surface area contributed by atoms with Gasteiger partial charge in [0.15, 0.2) is 0 Å². The number of hydrogen-bond acceptors (Lipinski definition) is 8. The number of ether oxygens (including phenoxy) is 5. The van der Waals surface area contributed by atoms with E-state index in [1.54, 1.807) is 36.4 Å². The molecule has 5 aromatic carbocycles. The summed E-state index contributed by atoms with van der Waals surface area (Å²) >= 11 is 2.18. The summed E-state index contributed by atoms with van der Waals surface area (Å²) in [6.07, 6.45) is 20.5. The van der Waals surface area contributed by atoms with E-state index in [0.717, 1.165) is 148 Å². The van der Waals surface area contributed by atoms with Crippen molar-refractivity contribution in [3.63, 3.8) is 0 Å². The van der Waals surface area contributed by atoms with Crippen molar-refractivity contribution in [3.8, 4) is 70.3 Å². The van der Waals surface area contributed by atoms with Crippen LogP contribution in [0.2, 0.25) is 19.6 Å². The minimum atomic E-state index is -1.65. The molecule has 0 bridgehead atoms. The maximum Gasteiger partial charge on any atom is 0.338 e. The van der Waals surface area contributed by atoms with Crippen molar-refractivity contribution in [2.75, 3.05) is 33.0 Å². The lowest BCUT2D eigenvalue weighted by Gasteiger charge is -2.08. The van der Waals surface area contributed by atoms with E-state index in [4.69, 9.17) is 23.7 Å². The van der Waals surface area contributed by atoms with E-state index in [2.05, 4.69) is 136 Å². The van der Waals surface area contributed by atoms with Crippen molar-refractivity contribution in [2.45, 2.75) is 183 Å². The number of benzene rings is 5. The Morgan fingerprint density at radius 3 is 0.872 bits per heavy atom. The molecule has 86 heavy (non-hydrogen) atoms. The molecule has 0 atom stereocenters. The van der Waals surface area contributed by atoms with E-state index in [0.29, 0.717) is 88.9 Å². The molecule has 0 fully saturated rings. The molecule has 0 amide bonds. The van der Waals surface area contributed by atoms with Gasteiger partial charge in [-0.15, -0.1) is 5.54 Å². The predicted octanol–water partition coefficient (Wildman–Crippen LogP) is 18.2. The molecule has 5 rings (SSSR count). The van der Waals surface area contributed by atoms with E-state index in [1.807, 2.05) is 54.6 Å². The third-order valence-corrected chi connectivity index (χ3v) is 15.0. The highest BCUT2D eigenvalue weighted by Crippen LogP contribution is 2.22. The summed E-state index contributed by atoms with van der Waals surface area (Å²) in [6.45, 7) is 19.7. The van der Waals surface area contributed by atoms with Gasteiger partial charge in [0.25, 0.3) is 0 Å². The highest BCUT2D eigenvalue weighted by Gasteiger charge is 2.14. The average Bonchev–Trinajstić information content (AvgIpc) is 3.59. The van der Waals surface area contributed by atoms with Crippen LogP contribution in [0.25, 0.3) is 0 Å². The van der Waals surface area contributed by atoms with Gasteiger partial charge in [-0.1, -0.05) is 204 Å². The Labute approximate surface area is 530 Å². The SMILES string of the molecule is CCCCCCOC(=O)c1cc(I)cc(C#Cc2cc(C#Cc3cc(C#Cc4cc(C#Cc5cc(C#C[Si](C)(C)C)cc(OCCCCCC)c5)cc(OCCCCCC)c4)cc(C(=O)OCCCCCC)c3)cc(C(=O)OCCCCCC)c2)c1. The zero-order valence-electron chi connectivity index (χ0n) is 52.5. The van der Waals surface area contributed by atoms with E-state index < -0.39 is 20.0 Å². The van der Waals surface area contributed by atoms with Gasteiger partial charge < -0.3 is 23.7 Å². The van der Waals surface area contributed by atoms with Gasteiger partial charge in [0.1, 0.15) is 19.6 Å². The summed E-state index contributed by atoms with van der Waals surface area (Å²) in [7, 11) is -1.65. The van der Waals surface area contributed by atoms with Crippen LogP contribution in [0.5, 0.6) is 11.5 Å². The molecule has 8 nitrogen and oxygen atoms in total. The maximum atomic E-state index is 13.8. The van der Waals surface area contributed by atoms with Crippen molar-refractivity contribution >= 4 is 48.6 Å². The number of halogens is 1. The van der Waals surface area contributed by atoms with Gasteiger partial charge >= 0.3 is 17.9 Å². The van der Waals surface area contributed by atoms with Gasteiger partial charge in [0.2, 0.25) is 0 Å². The lowest BCUT2D eigenvalue weighted by Crippen LogP contribution is -2.16. The molecule has 0 aliphatic heterocycles. The second kappa shape index (κ2) is 39.5. The van der Waals surface area contributed by atoms with Crippen molar-refractivity contribution in [1.29, 1.82) is 0 Å². The summed E-state index contributed by atoms with van der Waals surface area (Å²) in [5, 5.41) is 0. The van der Waals surface area contributed by atoms with Gasteiger partial charge in [0, 0.05) is 53.6 Å². The molecule has 10 heteroatoms. The topological polar surface area (TPSA) is 97.4 Å². The Hall–Kier alpha value is -7.14. The first kappa shape index (κ1) is 69.6. The first-order chi connectivity index (χ1) is 41.7. The van der Waals surface area contributed by atoms with Crippen LogP contribution in [0.1, 0.15) is 244 Å². The molecule has 0 aliphatic rings. The van der Waals surface area contributed by atoms with Crippen LogP contribution in [0.4, 0.5) is 0 Å². The number of unbranched alkanes of at least 4 members (excludes halogenated alkanes) is 15. The highest BCUT2D eigenvalue weighted by molar-refractivity contribution is 14.1. The number of carbonyl (C=O) groups is 3. The van der Waals surface area contributed by atoms with Crippen LogP contribution in [0.15, 0.2) is 91.0 Å². The predicted molar refractivity (Wildman–Crippen MR) is 362 cm³/mol.